The predicted molar refractivity (Wildman–Crippen MR) is 139 cm³/mol. The molecule has 40 heavy (non-hydrogen) atoms. The van der Waals surface area contributed by atoms with Crippen molar-refractivity contribution < 1.29 is 50.7 Å². The summed E-state index contributed by atoms with van der Waals surface area (Å²) in [6.07, 6.45) is 3.43. The number of alkyl halides is 1. The summed E-state index contributed by atoms with van der Waals surface area (Å²) in [5.74, 6) is -4.59. The number of rotatable bonds is 8. The average molecular weight is 585 g/mol. The maximum atomic E-state index is 17.5. The molecule has 0 saturated heterocycles. The molecule has 0 bridgehead atoms. The first-order valence-corrected chi connectivity index (χ1v) is 15.3. The highest BCUT2D eigenvalue weighted by molar-refractivity contribution is 7.86. The largest absolute Gasteiger partial charge is 0.469 e. The van der Waals surface area contributed by atoms with Gasteiger partial charge in [0.2, 0.25) is 5.78 Å². The van der Waals surface area contributed by atoms with Crippen LogP contribution < -0.4 is 0 Å². The Balaban J connectivity index is 1.78. The molecule has 3 saturated carbocycles. The van der Waals surface area contributed by atoms with Crippen LogP contribution in [-0.2, 0) is 43.0 Å². The highest BCUT2D eigenvalue weighted by Crippen LogP contribution is 2.71. The van der Waals surface area contributed by atoms with Crippen LogP contribution in [0, 0.1) is 28.6 Å². The van der Waals surface area contributed by atoms with Crippen molar-refractivity contribution in [3.05, 3.63) is 23.8 Å². The van der Waals surface area contributed by atoms with E-state index in [0.717, 1.165) is 6.26 Å². The highest BCUT2D eigenvalue weighted by atomic mass is 32.2. The van der Waals surface area contributed by atoms with Gasteiger partial charge in [0.05, 0.1) is 32.3 Å². The summed E-state index contributed by atoms with van der Waals surface area (Å²) in [7, 11) is -2.87. The number of ether oxygens (including phenoxy) is 2. The fourth-order valence-electron chi connectivity index (χ4n) is 8.20. The number of aliphatic hydroxyl groups is 1. The molecule has 0 amide bonds. The Labute approximate surface area is 233 Å². The molecule has 4 rings (SSSR count). The number of esters is 2. The lowest BCUT2D eigenvalue weighted by atomic mass is 9.44. The molecule has 0 heterocycles. The number of carbonyl (C=O) groups is 4. The second-order valence-electron chi connectivity index (χ2n) is 12.1. The van der Waals surface area contributed by atoms with E-state index in [4.69, 9.17) is 8.92 Å². The molecule has 3 fully saturated rings. The zero-order valence-corrected chi connectivity index (χ0v) is 24.2. The minimum absolute atomic E-state index is 0.242. The first kappa shape index (κ1) is 30.5. The number of fused-ring (bicyclic) bond motifs is 5. The maximum Gasteiger partial charge on any atom is 0.307 e. The van der Waals surface area contributed by atoms with E-state index in [-0.39, 0.29) is 25.0 Å². The average Bonchev–Trinajstić information content (AvgIpc) is 3.08. The van der Waals surface area contributed by atoms with Crippen LogP contribution in [0.5, 0.6) is 0 Å². The van der Waals surface area contributed by atoms with Crippen molar-refractivity contribution >= 4 is 33.6 Å². The van der Waals surface area contributed by atoms with E-state index in [2.05, 4.69) is 4.74 Å². The summed E-state index contributed by atoms with van der Waals surface area (Å²) >= 11 is 0. The molecule has 222 valence electrons. The minimum Gasteiger partial charge on any atom is -0.469 e. The topological polar surface area (TPSA) is 150 Å². The van der Waals surface area contributed by atoms with Crippen LogP contribution in [0.25, 0.3) is 0 Å². The molecule has 0 aliphatic heterocycles. The smallest absolute Gasteiger partial charge is 0.307 e. The van der Waals surface area contributed by atoms with Gasteiger partial charge >= 0.3 is 11.9 Å². The molecule has 0 aromatic rings. The number of allylic oxidation sites excluding steroid dienone is 4. The summed E-state index contributed by atoms with van der Waals surface area (Å²) in [5.41, 5.74) is -6.07. The Hall–Kier alpha value is -2.44. The van der Waals surface area contributed by atoms with Crippen LogP contribution in [0.4, 0.5) is 4.39 Å². The third-order valence-corrected chi connectivity index (χ3v) is 10.6. The van der Waals surface area contributed by atoms with Crippen LogP contribution in [0.1, 0.15) is 59.3 Å². The second-order valence-corrected chi connectivity index (χ2v) is 13.7. The van der Waals surface area contributed by atoms with E-state index in [9.17, 15) is 32.7 Å². The van der Waals surface area contributed by atoms with Crippen molar-refractivity contribution in [1.82, 2.24) is 0 Å². The van der Waals surface area contributed by atoms with Crippen LogP contribution in [-0.4, -0.2) is 74.4 Å². The van der Waals surface area contributed by atoms with Gasteiger partial charge in [-0.1, -0.05) is 25.5 Å². The molecule has 4 aliphatic carbocycles. The first-order chi connectivity index (χ1) is 18.5. The quantitative estimate of drug-likeness (QED) is 0.333. The van der Waals surface area contributed by atoms with Crippen molar-refractivity contribution in [2.24, 2.45) is 28.6 Å². The zero-order valence-electron chi connectivity index (χ0n) is 23.4. The van der Waals surface area contributed by atoms with Crippen LogP contribution >= 0.6 is 0 Å². The van der Waals surface area contributed by atoms with E-state index in [0.29, 0.717) is 18.4 Å². The molecule has 1 N–H and O–H groups in total. The second kappa shape index (κ2) is 10.1. The molecular formula is C28H37FO10S. The van der Waals surface area contributed by atoms with E-state index < -0.39 is 86.8 Å². The van der Waals surface area contributed by atoms with E-state index in [1.165, 1.54) is 25.3 Å². The number of ketones is 2. The van der Waals surface area contributed by atoms with Crippen molar-refractivity contribution in [3.8, 4) is 0 Å². The number of Topliss-reactive ketones (excluding diaryl/α,β-unsaturated/α-hetero) is 1. The molecular weight excluding hydrogens is 547 g/mol. The summed E-state index contributed by atoms with van der Waals surface area (Å²) in [6.45, 7) is 4.11. The van der Waals surface area contributed by atoms with Gasteiger partial charge in [0.1, 0.15) is 6.61 Å². The molecule has 10 nitrogen and oxygen atoms in total. The molecule has 0 unspecified atom stereocenters. The number of aliphatic hydroxyl groups excluding tert-OH is 1. The number of methoxy groups -OCH3 is 1. The lowest BCUT2D eigenvalue weighted by Gasteiger charge is -2.62. The fraction of sp³-hybridized carbons (Fsp3) is 0.714. The van der Waals surface area contributed by atoms with Gasteiger partial charge < -0.3 is 14.6 Å². The van der Waals surface area contributed by atoms with Gasteiger partial charge in [-0.25, -0.2) is 4.39 Å². The van der Waals surface area contributed by atoms with Gasteiger partial charge in [-0.3, -0.25) is 23.4 Å². The first-order valence-electron chi connectivity index (χ1n) is 13.4. The molecule has 0 spiro atoms. The zero-order chi connectivity index (χ0) is 29.9. The molecule has 0 aromatic heterocycles. The van der Waals surface area contributed by atoms with Crippen LogP contribution in [0.3, 0.4) is 0 Å². The van der Waals surface area contributed by atoms with Gasteiger partial charge in [-0.05, 0) is 50.7 Å². The van der Waals surface area contributed by atoms with Gasteiger partial charge in [-0.2, -0.15) is 8.42 Å². The molecule has 0 aromatic carbocycles. The highest BCUT2D eigenvalue weighted by Gasteiger charge is 2.77. The van der Waals surface area contributed by atoms with E-state index in [1.54, 1.807) is 20.8 Å². The van der Waals surface area contributed by atoms with Crippen molar-refractivity contribution in [1.29, 1.82) is 0 Å². The van der Waals surface area contributed by atoms with Crippen LogP contribution in [0.2, 0.25) is 0 Å². The molecule has 12 heteroatoms. The standard InChI is InChI=1S/C28H37FO10S/c1-16-12-20-19-7-6-17-13-18(30)10-11-25(17,2)27(19,29)21(31)14-26(20,3)28(16,22(32)15-38-40(5,35)36)39-24(34)9-8-23(33)37-4/h10-11,13,16,19-21,31H,6-9,12,14-15H2,1-5H3/t16-,19+,20+,21+,25+,26+,27+,28+/m1/s1. The Kier molecular flexibility index (Phi) is 7.73. The van der Waals surface area contributed by atoms with E-state index >= 15 is 4.39 Å². The SMILES string of the molecule is COC(=O)CCC(=O)O[C@]1(C(=O)COS(C)(=O)=O)[C@H](C)C[C@H]2[C@@H]3CCC4=CC(=O)C=C[C@]4(C)[C@@]3(F)[C@@H](O)C[C@@]21C. The predicted octanol–water partition coefficient (Wildman–Crippen LogP) is 2.38. The minimum atomic E-state index is -4.03. The number of hydrogen-bond donors (Lipinski definition) is 1. The summed E-state index contributed by atoms with van der Waals surface area (Å²) < 4.78 is 56.3. The summed E-state index contributed by atoms with van der Waals surface area (Å²) in [5, 5.41) is 11.6. The molecule has 0 radical (unpaired) electrons. The van der Waals surface area contributed by atoms with Crippen molar-refractivity contribution in [2.45, 2.75) is 76.7 Å². The third kappa shape index (κ3) is 4.46. The Morgan fingerprint density at radius 3 is 2.42 bits per heavy atom. The normalized spacial score (nSPS) is 40.4. The number of carbonyl (C=O) groups excluding carboxylic acids is 4. The van der Waals surface area contributed by atoms with Crippen molar-refractivity contribution in [3.63, 3.8) is 0 Å². The van der Waals surface area contributed by atoms with Crippen molar-refractivity contribution in [2.75, 3.05) is 20.0 Å². The van der Waals surface area contributed by atoms with Gasteiger partial charge in [0, 0.05) is 22.7 Å². The Morgan fingerprint density at radius 2 is 1.80 bits per heavy atom. The summed E-state index contributed by atoms with van der Waals surface area (Å²) in [6, 6.07) is 0. The van der Waals surface area contributed by atoms with Gasteiger partial charge in [0.15, 0.2) is 17.1 Å². The summed E-state index contributed by atoms with van der Waals surface area (Å²) in [4.78, 5) is 50.7. The lowest BCUT2D eigenvalue weighted by Crippen LogP contribution is -2.70. The third-order valence-electron chi connectivity index (χ3n) is 10.0. The monoisotopic (exact) mass is 584 g/mol. The number of hydrogen-bond acceptors (Lipinski definition) is 10. The Morgan fingerprint density at radius 1 is 1.15 bits per heavy atom. The molecule has 8 atom stereocenters. The van der Waals surface area contributed by atoms with Gasteiger partial charge in [-0.15, -0.1) is 0 Å². The van der Waals surface area contributed by atoms with Gasteiger partial charge in [0.25, 0.3) is 10.1 Å². The fourth-order valence-corrected chi connectivity index (χ4v) is 8.52. The van der Waals surface area contributed by atoms with E-state index in [1.807, 2.05) is 0 Å². The number of halogens is 1. The maximum absolute atomic E-state index is 17.5. The van der Waals surface area contributed by atoms with Crippen LogP contribution in [0.15, 0.2) is 23.8 Å². The Bertz CT molecular complexity index is 1290. The lowest BCUT2D eigenvalue weighted by molar-refractivity contribution is -0.228. The molecule has 4 aliphatic rings.